The zero-order chi connectivity index (χ0) is 12.3. The molecule has 1 fully saturated rings. The molecule has 0 aromatic carbocycles. The third kappa shape index (κ3) is 4.06. The number of nitrogens with one attached hydrogen (secondary N) is 1. The van der Waals surface area contributed by atoms with Crippen LogP contribution in [0.1, 0.15) is 40.5 Å². The third-order valence-electron chi connectivity index (χ3n) is 3.69. The molecular weight excluding hydrogens is 222 g/mol. The Labute approximate surface area is 99.9 Å². The van der Waals surface area contributed by atoms with E-state index in [1.807, 2.05) is 20.8 Å². The molecule has 1 rings (SSSR count). The van der Waals surface area contributed by atoms with Crippen LogP contribution in [0.3, 0.4) is 0 Å². The van der Waals surface area contributed by atoms with E-state index in [2.05, 4.69) is 12.2 Å². The highest BCUT2D eigenvalue weighted by atomic mass is 32.2. The van der Waals surface area contributed by atoms with Crippen molar-refractivity contribution in [3.8, 4) is 0 Å². The summed E-state index contributed by atoms with van der Waals surface area (Å²) in [5.74, 6) is 1.25. The van der Waals surface area contributed by atoms with E-state index in [-0.39, 0.29) is 16.9 Å². The molecule has 0 aromatic heterocycles. The van der Waals surface area contributed by atoms with Crippen LogP contribution in [0.5, 0.6) is 0 Å². The van der Waals surface area contributed by atoms with E-state index in [9.17, 15) is 8.42 Å². The predicted octanol–water partition coefficient (Wildman–Crippen LogP) is 1.83. The molecular formula is C12H25NO2S. The second kappa shape index (κ2) is 5.50. The molecule has 3 nitrogen and oxygen atoms in total. The Balaban J connectivity index is 2.30. The molecule has 1 aliphatic rings. The molecule has 0 aromatic rings. The third-order valence-corrected chi connectivity index (χ3v) is 6.14. The molecule has 0 bridgehead atoms. The van der Waals surface area contributed by atoms with E-state index in [1.165, 1.54) is 12.8 Å². The average Bonchev–Trinajstić information content (AvgIpc) is 2.98. The van der Waals surface area contributed by atoms with Gasteiger partial charge < -0.3 is 5.32 Å². The number of rotatable bonds is 7. The zero-order valence-electron chi connectivity index (χ0n) is 10.9. The molecule has 2 atom stereocenters. The second-order valence-electron chi connectivity index (χ2n) is 5.40. The van der Waals surface area contributed by atoms with Crippen molar-refractivity contribution in [2.24, 2.45) is 11.8 Å². The summed E-state index contributed by atoms with van der Waals surface area (Å²) in [7, 11) is -2.92. The van der Waals surface area contributed by atoms with Crippen LogP contribution in [0.2, 0.25) is 0 Å². The largest absolute Gasteiger partial charge is 0.313 e. The van der Waals surface area contributed by atoms with Crippen LogP contribution in [-0.4, -0.2) is 32.0 Å². The maximum absolute atomic E-state index is 11.9. The lowest BCUT2D eigenvalue weighted by Crippen LogP contribution is -2.35. The lowest BCUT2D eigenvalue weighted by molar-refractivity contribution is 0.503. The van der Waals surface area contributed by atoms with Crippen LogP contribution in [0.4, 0.5) is 0 Å². The van der Waals surface area contributed by atoms with Gasteiger partial charge in [0.05, 0.1) is 11.0 Å². The van der Waals surface area contributed by atoms with E-state index >= 15 is 0 Å². The molecule has 0 spiro atoms. The van der Waals surface area contributed by atoms with Gasteiger partial charge in [-0.15, -0.1) is 0 Å². The first-order valence-corrected chi connectivity index (χ1v) is 8.01. The monoisotopic (exact) mass is 247 g/mol. The summed E-state index contributed by atoms with van der Waals surface area (Å²) in [6.45, 7) is 8.47. The fraction of sp³-hybridized carbons (Fsp3) is 1.00. The summed E-state index contributed by atoms with van der Waals surface area (Å²) in [6.07, 6.45) is 2.59. The van der Waals surface area contributed by atoms with E-state index in [4.69, 9.17) is 0 Å². The lowest BCUT2D eigenvalue weighted by Gasteiger charge is -2.18. The van der Waals surface area contributed by atoms with Crippen molar-refractivity contribution >= 4 is 9.84 Å². The van der Waals surface area contributed by atoms with Gasteiger partial charge in [0.15, 0.2) is 9.84 Å². The van der Waals surface area contributed by atoms with E-state index in [0.717, 1.165) is 5.92 Å². The van der Waals surface area contributed by atoms with Crippen LogP contribution < -0.4 is 5.32 Å². The van der Waals surface area contributed by atoms with Gasteiger partial charge in [-0.05, 0) is 38.5 Å². The quantitative estimate of drug-likeness (QED) is 0.746. The fourth-order valence-electron chi connectivity index (χ4n) is 1.79. The number of hydrogen-bond donors (Lipinski definition) is 1. The Morgan fingerprint density at radius 1 is 1.19 bits per heavy atom. The standard InChI is InChI=1S/C12H25NO2S/c1-9(2)11(4)16(14,15)8-7-13-10(3)12-5-6-12/h9-13H,5-8H2,1-4H3. The molecule has 0 amide bonds. The molecule has 4 heteroatoms. The Kier molecular flexibility index (Phi) is 4.80. The van der Waals surface area contributed by atoms with Crippen molar-refractivity contribution in [3.05, 3.63) is 0 Å². The van der Waals surface area contributed by atoms with Crippen LogP contribution in [0, 0.1) is 11.8 Å². The van der Waals surface area contributed by atoms with Gasteiger partial charge in [0, 0.05) is 12.6 Å². The van der Waals surface area contributed by atoms with Crippen LogP contribution in [0.25, 0.3) is 0 Å². The van der Waals surface area contributed by atoms with E-state index in [0.29, 0.717) is 12.6 Å². The molecule has 0 aliphatic heterocycles. The number of sulfone groups is 1. The molecule has 0 radical (unpaired) electrons. The van der Waals surface area contributed by atoms with Gasteiger partial charge in [0.1, 0.15) is 0 Å². The van der Waals surface area contributed by atoms with Crippen molar-refractivity contribution < 1.29 is 8.42 Å². The summed E-state index contributed by atoms with van der Waals surface area (Å²) >= 11 is 0. The second-order valence-corrected chi connectivity index (χ2v) is 7.87. The highest BCUT2D eigenvalue weighted by Gasteiger charge is 2.28. The predicted molar refractivity (Wildman–Crippen MR) is 68.3 cm³/mol. The Hall–Kier alpha value is -0.0900. The Morgan fingerprint density at radius 3 is 2.19 bits per heavy atom. The summed E-state index contributed by atoms with van der Waals surface area (Å²) in [4.78, 5) is 0. The highest BCUT2D eigenvalue weighted by molar-refractivity contribution is 7.92. The first kappa shape index (κ1) is 14.0. The van der Waals surface area contributed by atoms with E-state index in [1.54, 1.807) is 0 Å². The van der Waals surface area contributed by atoms with Gasteiger partial charge in [0.2, 0.25) is 0 Å². The molecule has 1 aliphatic carbocycles. The summed E-state index contributed by atoms with van der Waals surface area (Å²) in [5, 5.41) is 3.08. The van der Waals surface area contributed by atoms with Gasteiger partial charge in [-0.3, -0.25) is 0 Å². The fourth-order valence-corrected chi connectivity index (χ4v) is 3.40. The minimum atomic E-state index is -2.92. The number of hydrogen-bond acceptors (Lipinski definition) is 3. The van der Waals surface area contributed by atoms with Gasteiger partial charge in [-0.2, -0.15) is 0 Å². The molecule has 0 heterocycles. The normalized spacial score (nSPS) is 21.1. The zero-order valence-corrected chi connectivity index (χ0v) is 11.7. The summed E-state index contributed by atoms with van der Waals surface area (Å²) < 4.78 is 23.8. The SMILES string of the molecule is CC(C)C(C)S(=O)(=O)CCNC(C)C1CC1. The maximum atomic E-state index is 11.9. The average molecular weight is 247 g/mol. The van der Waals surface area contributed by atoms with Gasteiger partial charge in [-0.1, -0.05) is 13.8 Å². The minimum Gasteiger partial charge on any atom is -0.313 e. The van der Waals surface area contributed by atoms with Gasteiger partial charge in [0.25, 0.3) is 0 Å². The molecule has 96 valence electrons. The van der Waals surface area contributed by atoms with Crippen molar-refractivity contribution in [2.45, 2.75) is 51.8 Å². The van der Waals surface area contributed by atoms with Crippen LogP contribution in [-0.2, 0) is 9.84 Å². The van der Waals surface area contributed by atoms with Gasteiger partial charge in [-0.25, -0.2) is 8.42 Å². The summed E-state index contributed by atoms with van der Waals surface area (Å²) in [5.41, 5.74) is 0. The van der Waals surface area contributed by atoms with Crippen molar-refractivity contribution in [1.29, 1.82) is 0 Å². The Bertz CT molecular complexity index is 307. The first-order chi connectivity index (χ1) is 7.34. The highest BCUT2D eigenvalue weighted by Crippen LogP contribution is 2.32. The van der Waals surface area contributed by atoms with Gasteiger partial charge >= 0.3 is 0 Å². The smallest absolute Gasteiger partial charge is 0.154 e. The van der Waals surface area contributed by atoms with Crippen LogP contribution in [0.15, 0.2) is 0 Å². The molecule has 16 heavy (non-hydrogen) atoms. The summed E-state index contributed by atoms with van der Waals surface area (Å²) in [6, 6.07) is 0.476. The Morgan fingerprint density at radius 2 is 1.75 bits per heavy atom. The molecule has 2 unspecified atom stereocenters. The first-order valence-electron chi connectivity index (χ1n) is 6.29. The van der Waals surface area contributed by atoms with Crippen LogP contribution >= 0.6 is 0 Å². The molecule has 1 saturated carbocycles. The molecule has 1 N–H and O–H groups in total. The molecule has 0 saturated heterocycles. The lowest BCUT2D eigenvalue weighted by atomic mass is 10.2. The maximum Gasteiger partial charge on any atom is 0.154 e. The van der Waals surface area contributed by atoms with Crippen molar-refractivity contribution in [3.63, 3.8) is 0 Å². The van der Waals surface area contributed by atoms with Crippen molar-refractivity contribution in [2.75, 3.05) is 12.3 Å². The topological polar surface area (TPSA) is 46.2 Å². The minimum absolute atomic E-state index is 0.200. The van der Waals surface area contributed by atoms with E-state index < -0.39 is 9.84 Å². The van der Waals surface area contributed by atoms with Crippen molar-refractivity contribution in [1.82, 2.24) is 5.32 Å².